The molecule has 0 aliphatic rings. The average molecular weight is 247 g/mol. The summed E-state index contributed by atoms with van der Waals surface area (Å²) in [6.07, 6.45) is 3.31. The molecule has 0 aliphatic heterocycles. The Hall–Kier alpha value is -2.35. The minimum absolute atomic E-state index is 0.784. The molecule has 1 radical (unpaired) electrons. The van der Waals surface area contributed by atoms with Gasteiger partial charge in [-0.05, 0) is 29.7 Å². The number of benzene rings is 2. The van der Waals surface area contributed by atoms with Crippen molar-refractivity contribution >= 4 is 10.9 Å². The first-order valence-corrected chi connectivity index (χ1v) is 6.40. The van der Waals surface area contributed by atoms with Gasteiger partial charge in [0.25, 0.3) is 0 Å². The highest BCUT2D eigenvalue weighted by Crippen LogP contribution is 2.20. The van der Waals surface area contributed by atoms with Gasteiger partial charge in [-0.25, -0.2) is 0 Å². The summed E-state index contributed by atoms with van der Waals surface area (Å²) in [6.45, 7) is 5.49. The van der Waals surface area contributed by atoms with E-state index in [1.54, 1.807) is 6.08 Å². The third-order valence-electron chi connectivity index (χ3n) is 3.27. The lowest BCUT2D eigenvalue weighted by Crippen LogP contribution is -1.89. The zero-order chi connectivity index (χ0) is 13.1. The number of aromatic amines is 1. The molecule has 0 spiro atoms. The van der Waals surface area contributed by atoms with Crippen molar-refractivity contribution in [2.75, 3.05) is 0 Å². The number of allylic oxidation sites excluding steroid dienone is 1. The lowest BCUT2D eigenvalue weighted by Gasteiger charge is -2.00. The van der Waals surface area contributed by atoms with Crippen LogP contribution in [-0.2, 0) is 12.8 Å². The fourth-order valence-corrected chi connectivity index (χ4v) is 2.30. The maximum Gasteiger partial charge on any atom is 0.0744 e. The Bertz CT molecular complexity index is 696. The van der Waals surface area contributed by atoms with Crippen molar-refractivity contribution in [3.63, 3.8) is 0 Å². The summed E-state index contributed by atoms with van der Waals surface area (Å²) < 4.78 is 0. The fraction of sp³-hybridized carbons (Fsp3) is 0.118. The topological polar surface area (TPSA) is 28.7 Å². The highest BCUT2D eigenvalue weighted by Gasteiger charge is 2.07. The Morgan fingerprint density at radius 1 is 1.05 bits per heavy atom. The van der Waals surface area contributed by atoms with Gasteiger partial charge in [0.2, 0.25) is 0 Å². The number of H-pyrrole nitrogens is 1. The summed E-state index contributed by atoms with van der Waals surface area (Å²) >= 11 is 0. The smallest absolute Gasteiger partial charge is 0.0744 e. The summed E-state index contributed by atoms with van der Waals surface area (Å²) in [5.41, 5.74) is 4.64. The third kappa shape index (κ3) is 2.43. The van der Waals surface area contributed by atoms with Gasteiger partial charge in [0, 0.05) is 11.8 Å². The first kappa shape index (κ1) is 11.7. The molecule has 0 amide bonds. The van der Waals surface area contributed by atoms with E-state index in [1.165, 1.54) is 16.5 Å². The maximum absolute atomic E-state index is 5.49. The van der Waals surface area contributed by atoms with Crippen molar-refractivity contribution in [3.05, 3.63) is 78.0 Å². The number of nitrogens with one attached hydrogen (secondary N) is 1. The van der Waals surface area contributed by atoms with Crippen LogP contribution in [0.4, 0.5) is 0 Å². The standard InChI is InChI=1S/C17H15N2/c1-2-6-13-9-10-16-15(11-13)17(19-18-16)12-14-7-4-3-5-8-14/h1-5,7-11H,6,12H2,(H,18,19). The normalized spacial score (nSPS) is 10.7. The van der Waals surface area contributed by atoms with E-state index in [1.807, 2.05) is 6.07 Å². The molecule has 0 bridgehead atoms. The van der Waals surface area contributed by atoms with Crippen LogP contribution in [0.5, 0.6) is 0 Å². The van der Waals surface area contributed by atoms with Crippen molar-refractivity contribution < 1.29 is 0 Å². The molecule has 3 aromatic rings. The maximum atomic E-state index is 5.49. The summed E-state index contributed by atoms with van der Waals surface area (Å²) in [6, 6.07) is 16.7. The lowest BCUT2D eigenvalue weighted by atomic mass is 10.0. The quantitative estimate of drug-likeness (QED) is 0.748. The zero-order valence-corrected chi connectivity index (χ0v) is 10.6. The number of hydrogen-bond acceptors (Lipinski definition) is 1. The molecule has 0 fully saturated rings. The largest absolute Gasteiger partial charge is 0.278 e. The SMILES string of the molecule is [CH]=CCc1ccc2[nH]nc(Cc3ccccc3)c2c1. The van der Waals surface area contributed by atoms with Crippen molar-refractivity contribution in [1.82, 2.24) is 10.2 Å². The monoisotopic (exact) mass is 247 g/mol. The van der Waals surface area contributed by atoms with Crippen LogP contribution in [0.1, 0.15) is 16.8 Å². The summed E-state index contributed by atoms with van der Waals surface area (Å²) in [5, 5.41) is 8.70. The summed E-state index contributed by atoms with van der Waals surface area (Å²) in [4.78, 5) is 0. The molecule has 0 saturated heterocycles. The van der Waals surface area contributed by atoms with Gasteiger partial charge in [-0.1, -0.05) is 49.1 Å². The van der Waals surface area contributed by atoms with Gasteiger partial charge in [0.15, 0.2) is 0 Å². The molecule has 2 heteroatoms. The molecule has 3 rings (SSSR count). The molecule has 2 nitrogen and oxygen atoms in total. The predicted molar refractivity (Wildman–Crippen MR) is 77.9 cm³/mol. The van der Waals surface area contributed by atoms with E-state index < -0.39 is 0 Å². The van der Waals surface area contributed by atoms with E-state index in [0.717, 1.165) is 24.1 Å². The molecule has 93 valence electrons. The van der Waals surface area contributed by atoms with Crippen molar-refractivity contribution in [2.45, 2.75) is 12.8 Å². The second-order valence-electron chi connectivity index (χ2n) is 4.65. The Kier molecular flexibility index (Phi) is 3.15. The van der Waals surface area contributed by atoms with Crippen LogP contribution >= 0.6 is 0 Å². The zero-order valence-electron chi connectivity index (χ0n) is 10.6. The Morgan fingerprint density at radius 3 is 2.68 bits per heavy atom. The van der Waals surface area contributed by atoms with Crippen LogP contribution < -0.4 is 0 Å². The number of nitrogens with zero attached hydrogens (tertiary/aromatic N) is 1. The fourth-order valence-electron chi connectivity index (χ4n) is 2.30. The second kappa shape index (κ2) is 5.11. The number of hydrogen-bond donors (Lipinski definition) is 1. The number of rotatable bonds is 4. The van der Waals surface area contributed by atoms with Crippen molar-refractivity contribution in [3.8, 4) is 0 Å². The Balaban J connectivity index is 1.99. The van der Waals surface area contributed by atoms with Crippen molar-refractivity contribution in [1.29, 1.82) is 0 Å². The minimum atomic E-state index is 0.784. The molecule has 0 atom stereocenters. The molecule has 2 aromatic carbocycles. The van der Waals surface area contributed by atoms with Crippen LogP contribution in [0.15, 0.2) is 54.6 Å². The highest BCUT2D eigenvalue weighted by atomic mass is 15.1. The molecule has 0 saturated carbocycles. The minimum Gasteiger partial charge on any atom is -0.278 e. The van der Waals surface area contributed by atoms with E-state index in [9.17, 15) is 0 Å². The van der Waals surface area contributed by atoms with Crippen LogP contribution in [0.2, 0.25) is 0 Å². The van der Waals surface area contributed by atoms with Gasteiger partial charge in [0.1, 0.15) is 0 Å². The van der Waals surface area contributed by atoms with Crippen LogP contribution in [0.25, 0.3) is 10.9 Å². The molecule has 1 N–H and O–H groups in total. The molecule has 1 heterocycles. The number of aromatic nitrogens is 2. The molecular formula is C17H15N2. The molecule has 0 aliphatic carbocycles. The summed E-state index contributed by atoms with van der Waals surface area (Å²) in [7, 11) is 0. The van der Waals surface area contributed by atoms with Gasteiger partial charge in [-0.15, -0.1) is 0 Å². The van der Waals surface area contributed by atoms with E-state index >= 15 is 0 Å². The number of fused-ring (bicyclic) bond motifs is 1. The third-order valence-corrected chi connectivity index (χ3v) is 3.27. The Morgan fingerprint density at radius 2 is 1.89 bits per heavy atom. The first-order valence-electron chi connectivity index (χ1n) is 6.40. The lowest BCUT2D eigenvalue weighted by molar-refractivity contribution is 1.01. The van der Waals surface area contributed by atoms with E-state index in [2.05, 4.69) is 52.7 Å². The molecular weight excluding hydrogens is 232 g/mol. The Labute approximate surface area is 112 Å². The van der Waals surface area contributed by atoms with Gasteiger partial charge in [-0.2, -0.15) is 5.10 Å². The van der Waals surface area contributed by atoms with E-state index in [-0.39, 0.29) is 0 Å². The van der Waals surface area contributed by atoms with Gasteiger partial charge < -0.3 is 0 Å². The predicted octanol–water partition coefficient (Wildman–Crippen LogP) is 3.69. The van der Waals surface area contributed by atoms with Gasteiger partial charge in [-0.3, -0.25) is 5.10 Å². The summed E-state index contributed by atoms with van der Waals surface area (Å²) in [5.74, 6) is 0. The average Bonchev–Trinajstić information content (AvgIpc) is 2.83. The first-order chi connectivity index (χ1) is 9.36. The molecule has 1 aromatic heterocycles. The molecule has 19 heavy (non-hydrogen) atoms. The van der Waals surface area contributed by atoms with Crippen LogP contribution in [0.3, 0.4) is 0 Å². The molecule has 0 unspecified atom stereocenters. The van der Waals surface area contributed by atoms with E-state index in [4.69, 9.17) is 6.58 Å². The highest BCUT2D eigenvalue weighted by molar-refractivity contribution is 5.82. The van der Waals surface area contributed by atoms with E-state index in [0.29, 0.717) is 0 Å². The van der Waals surface area contributed by atoms with Gasteiger partial charge in [0.05, 0.1) is 11.2 Å². The van der Waals surface area contributed by atoms with Crippen LogP contribution in [-0.4, -0.2) is 10.2 Å². The van der Waals surface area contributed by atoms with Crippen molar-refractivity contribution in [2.24, 2.45) is 0 Å². The van der Waals surface area contributed by atoms with Crippen LogP contribution in [0, 0.1) is 6.58 Å². The second-order valence-corrected chi connectivity index (χ2v) is 4.65. The van der Waals surface area contributed by atoms with Gasteiger partial charge >= 0.3 is 0 Å².